The van der Waals surface area contributed by atoms with Crippen LogP contribution < -0.4 is 15.8 Å². The Bertz CT molecular complexity index is 1040. The second-order valence-corrected chi connectivity index (χ2v) is 7.79. The monoisotopic (exact) mass is 484 g/mol. The minimum absolute atomic E-state index is 0.0880. The van der Waals surface area contributed by atoms with Gasteiger partial charge < -0.3 is 15.8 Å². The number of anilines is 1. The lowest BCUT2D eigenvalue weighted by Crippen LogP contribution is -2.01. The van der Waals surface area contributed by atoms with E-state index in [0.717, 1.165) is 27.2 Å². The third-order valence-corrected chi connectivity index (χ3v) is 5.96. The minimum atomic E-state index is -0.0880. The van der Waals surface area contributed by atoms with Crippen LogP contribution >= 0.6 is 39.1 Å². The molecule has 1 unspecified atom stereocenters. The molecule has 0 bridgehead atoms. The third-order valence-electron chi connectivity index (χ3n) is 4.22. The van der Waals surface area contributed by atoms with Gasteiger partial charge in [-0.05, 0) is 47.1 Å². The summed E-state index contributed by atoms with van der Waals surface area (Å²) in [6, 6.07) is 7.33. The maximum Gasteiger partial charge on any atom is 0.180 e. The number of aromatic nitrogens is 2. The number of nitrogens with two attached hydrogens (primary N) is 1. The van der Waals surface area contributed by atoms with E-state index in [9.17, 15) is 4.79 Å². The number of aryl methyl sites for hydroxylation is 1. The third kappa shape index (κ3) is 4.43. The van der Waals surface area contributed by atoms with E-state index in [2.05, 4.69) is 26.2 Å². The Kier molecular flexibility index (Phi) is 6.50. The summed E-state index contributed by atoms with van der Waals surface area (Å²) in [6.07, 6.45) is 2.54. The number of ketones is 1. The van der Waals surface area contributed by atoms with Crippen LogP contribution in [-0.4, -0.2) is 28.3 Å². The molecule has 0 amide bonds. The van der Waals surface area contributed by atoms with Crippen LogP contribution in [0.5, 0.6) is 5.75 Å². The van der Waals surface area contributed by atoms with Gasteiger partial charge in [0.1, 0.15) is 11.2 Å². The van der Waals surface area contributed by atoms with Crippen molar-refractivity contribution < 1.29 is 9.53 Å². The Balaban J connectivity index is 0.000000391. The van der Waals surface area contributed by atoms with Gasteiger partial charge in [0.2, 0.25) is 0 Å². The molecule has 28 heavy (non-hydrogen) atoms. The van der Waals surface area contributed by atoms with Gasteiger partial charge in [-0.3, -0.25) is 9.20 Å². The van der Waals surface area contributed by atoms with Crippen molar-refractivity contribution in [2.24, 2.45) is 5.73 Å². The van der Waals surface area contributed by atoms with Crippen molar-refractivity contribution in [1.29, 1.82) is 0 Å². The number of carbonyl (C=O) groups is 1. The van der Waals surface area contributed by atoms with Gasteiger partial charge in [0.05, 0.1) is 22.4 Å². The number of carbonyl (C=O) groups excluding carboxylic acids is 1. The number of imidazole rings is 1. The summed E-state index contributed by atoms with van der Waals surface area (Å²) >= 11 is 16.1. The molecule has 4 rings (SSSR count). The first kappa shape index (κ1) is 20.9. The molecule has 0 radical (unpaired) electrons. The lowest BCUT2D eigenvalue weighted by atomic mass is 10.2. The van der Waals surface area contributed by atoms with Gasteiger partial charge in [0.25, 0.3) is 0 Å². The summed E-state index contributed by atoms with van der Waals surface area (Å²) in [7, 11) is 1.81. The lowest BCUT2D eigenvalue weighted by Gasteiger charge is -2.13. The molecule has 1 aliphatic rings. The van der Waals surface area contributed by atoms with Crippen molar-refractivity contribution in [1.82, 2.24) is 9.38 Å². The molecule has 2 aromatic heterocycles. The first-order chi connectivity index (χ1) is 13.3. The molecule has 1 aliphatic carbocycles. The van der Waals surface area contributed by atoms with E-state index in [1.165, 1.54) is 0 Å². The smallest absolute Gasteiger partial charge is 0.180 e. The maximum atomic E-state index is 9.76. The minimum Gasteiger partial charge on any atom is -0.485 e. The van der Waals surface area contributed by atoms with Crippen LogP contribution in [0.2, 0.25) is 10.0 Å². The van der Waals surface area contributed by atoms with E-state index in [1.54, 1.807) is 6.07 Å². The van der Waals surface area contributed by atoms with Gasteiger partial charge in [0, 0.05) is 30.3 Å². The van der Waals surface area contributed by atoms with Crippen LogP contribution in [0, 0.1) is 6.92 Å². The SMILES string of the molecule is CNc1ccc(Cl)c(COc2cccn3c(Br)c(C)nc23)c1Cl.NC1CC1=O. The first-order valence-electron chi connectivity index (χ1n) is 8.52. The van der Waals surface area contributed by atoms with E-state index < -0.39 is 0 Å². The van der Waals surface area contributed by atoms with Gasteiger partial charge in [-0.2, -0.15) is 0 Å². The summed E-state index contributed by atoms with van der Waals surface area (Å²) < 4.78 is 8.77. The average Bonchev–Trinajstić information content (AvgIpc) is 3.24. The van der Waals surface area contributed by atoms with E-state index in [-0.39, 0.29) is 18.4 Å². The van der Waals surface area contributed by atoms with Crippen molar-refractivity contribution >= 4 is 56.2 Å². The average molecular weight is 486 g/mol. The Morgan fingerprint density at radius 1 is 1.39 bits per heavy atom. The first-order valence-corrected chi connectivity index (χ1v) is 10.1. The molecule has 6 nitrogen and oxygen atoms in total. The maximum absolute atomic E-state index is 9.76. The number of hydrogen-bond acceptors (Lipinski definition) is 5. The zero-order chi connectivity index (χ0) is 20.4. The fourth-order valence-corrected chi connectivity index (χ4v) is 3.42. The molecule has 2 heterocycles. The van der Waals surface area contributed by atoms with Crippen LogP contribution in [0.3, 0.4) is 0 Å². The molecule has 3 aromatic rings. The molecule has 9 heteroatoms. The highest BCUT2D eigenvalue weighted by atomic mass is 79.9. The predicted octanol–water partition coefficient (Wildman–Crippen LogP) is 4.62. The largest absolute Gasteiger partial charge is 0.485 e. The second-order valence-electron chi connectivity index (χ2n) is 6.26. The fourth-order valence-electron chi connectivity index (χ4n) is 2.47. The number of ether oxygens (including phenoxy) is 1. The summed E-state index contributed by atoms with van der Waals surface area (Å²) in [4.78, 5) is 14.3. The number of nitrogens with zero attached hydrogens (tertiary/aromatic N) is 2. The zero-order valence-corrected chi connectivity index (χ0v) is 18.4. The predicted molar refractivity (Wildman–Crippen MR) is 116 cm³/mol. The van der Waals surface area contributed by atoms with Crippen LogP contribution in [0.15, 0.2) is 35.1 Å². The number of Topliss-reactive ketones (excluding diaryl/α,β-unsaturated/α-hetero) is 1. The van der Waals surface area contributed by atoms with Crippen LogP contribution in [0.25, 0.3) is 5.65 Å². The zero-order valence-electron chi connectivity index (χ0n) is 15.3. The summed E-state index contributed by atoms with van der Waals surface area (Å²) in [5, 5.41) is 4.17. The lowest BCUT2D eigenvalue weighted by molar-refractivity contribution is -0.110. The summed E-state index contributed by atoms with van der Waals surface area (Å²) in [6.45, 7) is 2.20. The van der Waals surface area contributed by atoms with E-state index in [4.69, 9.17) is 33.7 Å². The second kappa shape index (κ2) is 8.69. The standard InChI is InChI=1S/C16H14BrCl2N3O.C3H5NO/c1-9-15(17)22-7-3-4-13(16(22)21-9)23-8-10-11(18)5-6-12(20-2)14(10)19;4-2-1-3(2)5/h3-7,20H,8H2,1-2H3;2H,1,4H2. The highest BCUT2D eigenvalue weighted by Crippen LogP contribution is 2.33. The van der Waals surface area contributed by atoms with Gasteiger partial charge in [-0.25, -0.2) is 4.98 Å². The molecule has 148 valence electrons. The quantitative estimate of drug-likeness (QED) is 0.563. The van der Waals surface area contributed by atoms with Crippen molar-refractivity contribution in [3.05, 3.63) is 56.4 Å². The number of nitrogens with one attached hydrogen (secondary N) is 1. The molecule has 0 aliphatic heterocycles. The van der Waals surface area contributed by atoms with Gasteiger partial charge in [-0.1, -0.05) is 23.2 Å². The molecular formula is C19H19BrCl2N4O2. The van der Waals surface area contributed by atoms with E-state index >= 15 is 0 Å². The van der Waals surface area contributed by atoms with Gasteiger partial charge in [0.15, 0.2) is 17.2 Å². The van der Waals surface area contributed by atoms with Crippen LogP contribution in [0.4, 0.5) is 5.69 Å². The molecule has 1 aromatic carbocycles. The highest BCUT2D eigenvalue weighted by molar-refractivity contribution is 9.10. The molecule has 1 atom stereocenters. The van der Waals surface area contributed by atoms with E-state index in [0.29, 0.717) is 22.2 Å². The number of fused-ring (bicyclic) bond motifs is 1. The Morgan fingerprint density at radius 2 is 2.07 bits per heavy atom. The van der Waals surface area contributed by atoms with Gasteiger partial charge in [-0.15, -0.1) is 0 Å². The van der Waals surface area contributed by atoms with Gasteiger partial charge >= 0.3 is 0 Å². The van der Waals surface area contributed by atoms with E-state index in [1.807, 2.05) is 42.8 Å². The number of benzene rings is 1. The normalized spacial score (nSPS) is 15.2. The summed E-state index contributed by atoms with van der Waals surface area (Å²) in [5.74, 6) is 0.869. The van der Waals surface area contributed by atoms with Crippen LogP contribution in [-0.2, 0) is 11.4 Å². The Morgan fingerprint density at radius 3 is 2.68 bits per heavy atom. The summed E-state index contributed by atoms with van der Waals surface area (Å²) in [5.41, 5.74) is 8.21. The Hall–Kier alpha value is -1.80. The van der Waals surface area contributed by atoms with Crippen molar-refractivity contribution in [3.8, 4) is 5.75 Å². The number of rotatable bonds is 4. The fraction of sp³-hybridized carbons (Fsp3) is 0.263. The topological polar surface area (TPSA) is 81.7 Å². The van der Waals surface area contributed by atoms with Crippen molar-refractivity contribution in [3.63, 3.8) is 0 Å². The molecular weight excluding hydrogens is 467 g/mol. The number of halogens is 3. The number of hydrogen-bond donors (Lipinski definition) is 2. The highest BCUT2D eigenvalue weighted by Gasteiger charge is 2.29. The Labute approximate surface area is 181 Å². The van der Waals surface area contributed by atoms with Crippen molar-refractivity contribution in [2.45, 2.75) is 26.0 Å². The van der Waals surface area contributed by atoms with Crippen molar-refractivity contribution in [2.75, 3.05) is 12.4 Å². The number of pyridine rings is 1. The molecule has 1 saturated carbocycles. The molecule has 3 N–H and O–H groups in total. The molecule has 1 fully saturated rings. The molecule has 0 saturated heterocycles. The van der Waals surface area contributed by atoms with Crippen LogP contribution in [0.1, 0.15) is 17.7 Å². The molecule has 0 spiro atoms.